The van der Waals surface area contributed by atoms with Crippen LogP contribution in [0.2, 0.25) is 0 Å². The van der Waals surface area contributed by atoms with E-state index in [9.17, 15) is 0 Å². The number of unbranched alkanes of at least 4 members (excludes halogenated alkanes) is 2. The minimum Gasteiger partial charge on any atom is -0.394 e. The predicted octanol–water partition coefficient (Wildman–Crippen LogP) is 2.61. The standard InChI is InChI=1S/C9H20O.C6H14O3/c1-4-5-6-7-10-8-9(2)3;1-5(8)4-9-6(2)3-7/h9H,4-8H2,1-3H3;5-8H,3-4H2,1-2H3. The fraction of sp³-hybridized carbons (Fsp3) is 1.00. The molecule has 0 aromatic rings. The largest absolute Gasteiger partial charge is 0.394 e. The van der Waals surface area contributed by atoms with E-state index in [1.807, 2.05) is 0 Å². The quantitative estimate of drug-likeness (QED) is 0.603. The summed E-state index contributed by atoms with van der Waals surface area (Å²) in [4.78, 5) is 0. The van der Waals surface area contributed by atoms with Crippen molar-refractivity contribution in [2.75, 3.05) is 26.4 Å². The molecule has 0 aliphatic rings. The van der Waals surface area contributed by atoms with Crippen LogP contribution >= 0.6 is 0 Å². The molecule has 2 N–H and O–H groups in total. The van der Waals surface area contributed by atoms with E-state index < -0.39 is 6.10 Å². The van der Waals surface area contributed by atoms with Gasteiger partial charge in [-0.05, 0) is 26.2 Å². The highest BCUT2D eigenvalue weighted by atomic mass is 16.5. The molecule has 0 fully saturated rings. The molecule has 4 nitrogen and oxygen atoms in total. The normalized spacial score (nSPS) is 13.9. The lowest BCUT2D eigenvalue weighted by Gasteiger charge is -2.10. The molecule has 0 saturated carbocycles. The van der Waals surface area contributed by atoms with E-state index in [4.69, 9.17) is 19.7 Å². The van der Waals surface area contributed by atoms with E-state index >= 15 is 0 Å². The minimum atomic E-state index is -0.445. The SMILES string of the molecule is CC(O)COC(C)CO.CCCCCOCC(C)C. The number of aliphatic hydroxyl groups is 2. The first kappa shape index (κ1) is 21.1. The summed E-state index contributed by atoms with van der Waals surface area (Å²) >= 11 is 0. The molecule has 19 heavy (non-hydrogen) atoms. The first-order valence-corrected chi connectivity index (χ1v) is 7.42. The Bertz CT molecular complexity index is 160. The van der Waals surface area contributed by atoms with Crippen LogP contribution in [0.3, 0.4) is 0 Å². The van der Waals surface area contributed by atoms with Gasteiger partial charge >= 0.3 is 0 Å². The average molecular weight is 278 g/mol. The third kappa shape index (κ3) is 23.4. The van der Waals surface area contributed by atoms with Gasteiger partial charge in [0.25, 0.3) is 0 Å². The zero-order valence-corrected chi connectivity index (χ0v) is 13.4. The third-order valence-electron chi connectivity index (χ3n) is 2.22. The van der Waals surface area contributed by atoms with Crippen LogP contribution in [0.1, 0.15) is 53.9 Å². The summed E-state index contributed by atoms with van der Waals surface area (Å²) in [6, 6.07) is 0. The molecular weight excluding hydrogens is 244 g/mol. The van der Waals surface area contributed by atoms with Crippen LogP contribution in [0, 0.1) is 5.92 Å². The molecule has 0 aliphatic carbocycles. The minimum absolute atomic E-state index is 0.00667. The summed E-state index contributed by atoms with van der Waals surface area (Å²) in [5, 5.41) is 17.1. The Balaban J connectivity index is 0. The Hall–Kier alpha value is -0.160. The third-order valence-corrected chi connectivity index (χ3v) is 2.22. The van der Waals surface area contributed by atoms with Gasteiger partial charge in [0.05, 0.1) is 25.4 Å². The Labute approximate surface area is 119 Å². The monoisotopic (exact) mass is 278 g/mol. The maximum absolute atomic E-state index is 8.69. The van der Waals surface area contributed by atoms with Gasteiger partial charge in [-0.15, -0.1) is 0 Å². The molecule has 0 rings (SSSR count). The lowest BCUT2D eigenvalue weighted by atomic mass is 10.2. The lowest BCUT2D eigenvalue weighted by molar-refractivity contribution is -0.0177. The van der Waals surface area contributed by atoms with Crippen molar-refractivity contribution in [3.63, 3.8) is 0 Å². The zero-order chi connectivity index (χ0) is 15.1. The van der Waals surface area contributed by atoms with Crippen LogP contribution in [-0.2, 0) is 9.47 Å². The summed E-state index contributed by atoms with van der Waals surface area (Å²) in [5.74, 6) is 0.682. The van der Waals surface area contributed by atoms with Crippen molar-refractivity contribution >= 4 is 0 Å². The molecular formula is C15H34O4. The first-order valence-electron chi connectivity index (χ1n) is 7.42. The molecule has 0 radical (unpaired) electrons. The van der Waals surface area contributed by atoms with Gasteiger partial charge in [-0.25, -0.2) is 0 Å². The van der Waals surface area contributed by atoms with Crippen LogP contribution < -0.4 is 0 Å². The second-order valence-corrected chi connectivity index (χ2v) is 5.35. The van der Waals surface area contributed by atoms with Gasteiger partial charge in [0.2, 0.25) is 0 Å². The van der Waals surface area contributed by atoms with Crippen LogP contribution in [0.25, 0.3) is 0 Å². The molecule has 0 spiro atoms. The van der Waals surface area contributed by atoms with Crippen LogP contribution in [0.4, 0.5) is 0 Å². The Morgan fingerprint density at radius 2 is 1.63 bits per heavy atom. The van der Waals surface area contributed by atoms with Crippen molar-refractivity contribution in [2.45, 2.75) is 66.1 Å². The van der Waals surface area contributed by atoms with Crippen LogP contribution in [0.15, 0.2) is 0 Å². The zero-order valence-electron chi connectivity index (χ0n) is 13.4. The molecule has 0 aromatic carbocycles. The number of aliphatic hydroxyl groups excluding tert-OH is 2. The van der Waals surface area contributed by atoms with Crippen molar-refractivity contribution in [3.8, 4) is 0 Å². The van der Waals surface area contributed by atoms with Crippen LogP contribution in [-0.4, -0.2) is 48.8 Å². The van der Waals surface area contributed by atoms with Crippen molar-refractivity contribution in [1.29, 1.82) is 0 Å². The lowest BCUT2D eigenvalue weighted by Crippen LogP contribution is -2.19. The number of rotatable bonds is 10. The topological polar surface area (TPSA) is 58.9 Å². The molecule has 0 heterocycles. The van der Waals surface area contributed by atoms with E-state index in [2.05, 4.69) is 20.8 Å². The Kier molecular flexibility index (Phi) is 17.7. The highest BCUT2D eigenvalue weighted by Crippen LogP contribution is 1.97. The molecule has 0 aromatic heterocycles. The maximum Gasteiger partial charge on any atom is 0.0779 e. The van der Waals surface area contributed by atoms with Gasteiger partial charge in [0.1, 0.15) is 0 Å². The molecule has 0 amide bonds. The van der Waals surface area contributed by atoms with Gasteiger partial charge in [0, 0.05) is 13.2 Å². The number of hydrogen-bond donors (Lipinski definition) is 2. The average Bonchev–Trinajstić information content (AvgIpc) is 2.36. The molecule has 0 saturated heterocycles. The van der Waals surface area contributed by atoms with Crippen molar-refractivity contribution < 1.29 is 19.7 Å². The van der Waals surface area contributed by atoms with Crippen molar-refractivity contribution in [1.82, 2.24) is 0 Å². The van der Waals surface area contributed by atoms with E-state index in [0.717, 1.165) is 13.2 Å². The first-order chi connectivity index (χ1) is 8.93. The summed E-state index contributed by atoms with van der Waals surface area (Å²) in [7, 11) is 0. The summed E-state index contributed by atoms with van der Waals surface area (Å²) in [5.41, 5.74) is 0. The van der Waals surface area contributed by atoms with Gasteiger partial charge < -0.3 is 19.7 Å². The van der Waals surface area contributed by atoms with Gasteiger partial charge in [-0.3, -0.25) is 0 Å². The smallest absolute Gasteiger partial charge is 0.0779 e. The van der Waals surface area contributed by atoms with E-state index in [1.165, 1.54) is 19.3 Å². The Morgan fingerprint density at radius 1 is 1.00 bits per heavy atom. The molecule has 0 bridgehead atoms. The van der Waals surface area contributed by atoms with Gasteiger partial charge in [0.15, 0.2) is 0 Å². The summed E-state index contributed by atoms with van der Waals surface area (Å²) in [6.45, 7) is 12.1. The summed E-state index contributed by atoms with van der Waals surface area (Å²) in [6.07, 6.45) is 3.20. The summed E-state index contributed by atoms with van der Waals surface area (Å²) < 4.78 is 10.3. The fourth-order valence-electron chi connectivity index (χ4n) is 1.13. The van der Waals surface area contributed by atoms with Gasteiger partial charge in [-0.2, -0.15) is 0 Å². The van der Waals surface area contributed by atoms with Gasteiger partial charge in [-0.1, -0.05) is 33.6 Å². The van der Waals surface area contributed by atoms with Crippen LogP contribution in [0.5, 0.6) is 0 Å². The van der Waals surface area contributed by atoms with E-state index in [1.54, 1.807) is 13.8 Å². The predicted molar refractivity (Wildman–Crippen MR) is 79.4 cm³/mol. The second kappa shape index (κ2) is 15.9. The molecule has 0 aliphatic heterocycles. The number of hydrogen-bond acceptors (Lipinski definition) is 4. The molecule has 2 atom stereocenters. The van der Waals surface area contributed by atoms with E-state index in [-0.39, 0.29) is 12.7 Å². The fourth-order valence-corrected chi connectivity index (χ4v) is 1.13. The molecule has 2 unspecified atom stereocenters. The highest BCUT2D eigenvalue weighted by molar-refractivity contribution is 4.47. The Morgan fingerprint density at radius 3 is 2.05 bits per heavy atom. The highest BCUT2D eigenvalue weighted by Gasteiger charge is 2.00. The van der Waals surface area contributed by atoms with E-state index in [0.29, 0.717) is 12.5 Å². The number of ether oxygens (including phenoxy) is 2. The van der Waals surface area contributed by atoms with Crippen molar-refractivity contribution in [3.05, 3.63) is 0 Å². The van der Waals surface area contributed by atoms with Crippen molar-refractivity contribution in [2.24, 2.45) is 5.92 Å². The maximum atomic E-state index is 8.69. The molecule has 118 valence electrons. The molecule has 4 heteroatoms. The second-order valence-electron chi connectivity index (χ2n) is 5.35.